The fraction of sp³-hybridized carbons (Fsp3) is 0.207. The molecule has 1 N–H and O–H groups in total. The molecule has 0 bridgehead atoms. The number of ether oxygens (including phenoxy) is 2. The van der Waals surface area contributed by atoms with Gasteiger partial charge < -0.3 is 14.8 Å². The number of anilines is 2. The maximum atomic E-state index is 12.9. The summed E-state index contributed by atoms with van der Waals surface area (Å²) in [5.41, 5.74) is 2.75. The van der Waals surface area contributed by atoms with Gasteiger partial charge in [-0.25, -0.2) is 23.2 Å². The molecule has 240 valence electrons. The lowest BCUT2D eigenvalue weighted by atomic mass is 10.1. The van der Waals surface area contributed by atoms with Crippen LogP contribution in [0.25, 0.3) is 17.1 Å². The Labute approximate surface area is 267 Å². The minimum atomic E-state index is -4.81. The van der Waals surface area contributed by atoms with Crippen LogP contribution in [0.1, 0.15) is 11.1 Å². The zero-order valence-electron chi connectivity index (χ0n) is 23.6. The predicted octanol–water partition coefficient (Wildman–Crippen LogP) is 7.24. The number of nitrogens with one attached hydrogen (secondary N) is 1. The van der Waals surface area contributed by atoms with Gasteiger partial charge in [-0.15, -0.1) is 18.3 Å². The van der Waals surface area contributed by atoms with Crippen molar-refractivity contribution in [1.29, 1.82) is 0 Å². The van der Waals surface area contributed by atoms with Crippen LogP contribution in [0, 0.1) is 6.92 Å². The molecule has 46 heavy (non-hydrogen) atoms. The highest BCUT2D eigenvalue weighted by molar-refractivity contribution is 8.15. The van der Waals surface area contributed by atoms with Crippen molar-refractivity contribution in [2.45, 2.75) is 26.3 Å². The van der Waals surface area contributed by atoms with Gasteiger partial charge >= 0.3 is 12.4 Å². The Bertz CT molecular complexity index is 1780. The molecule has 2 heterocycles. The molecule has 10 nitrogen and oxygen atoms in total. The molecule has 1 aliphatic heterocycles. The number of nitrogens with zero attached hydrogens (tertiary/aromatic N) is 5. The summed E-state index contributed by atoms with van der Waals surface area (Å²) >= 11 is 7.46. The lowest BCUT2D eigenvalue weighted by Gasteiger charge is -2.20. The summed E-state index contributed by atoms with van der Waals surface area (Å²) in [4.78, 5) is 35.2. The number of rotatable bonds is 9. The molecule has 0 saturated carbocycles. The fourth-order valence-corrected chi connectivity index (χ4v) is 5.33. The van der Waals surface area contributed by atoms with Gasteiger partial charge in [0, 0.05) is 11.1 Å². The number of aromatic nitrogens is 3. The van der Waals surface area contributed by atoms with Crippen molar-refractivity contribution in [3.8, 4) is 22.8 Å². The van der Waals surface area contributed by atoms with E-state index in [1.54, 1.807) is 31.2 Å². The van der Waals surface area contributed by atoms with Crippen LogP contribution in [0.2, 0.25) is 5.02 Å². The van der Waals surface area contributed by atoms with E-state index < -0.39 is 25.4 Å². The first-order valence-corrected chi connectivity index (χ1v) is 14.6. The topological polar surface area (TPSA) is 111 Å². The maximum Gasteiger partial charge on any atom is 0.573 e. The molecule has 0 spiro atoms. The first-order chi connectivity index (χ1) is 21.9. The summed E-state index contributed by atoms with van der Waals surface area (Å²) in [5.74, 6) is -0.489. The zero-order valence-corrected chi connectivity index (χ0v) is 25.2. The van der Waals surface area contributed by atoms with E-state index in [9.17, 15) is 31.5 Å². The smallest absolute Gasteiger partial charge is 0.406 e. The normalized spacial score (nSPS) is 14.4. The van der Waals surface area contributed by atoms with Crippen LogP contribution in [-0.4, -0.2) is 57.0 Å². The number of amidine groups is 1. The van der Waals surface area contributed by atoms with Gasteiger partial charge in [0.05, 0.1) is 34.4 Å². The summed E-state index contributed by atoms with van der Waals surface area (Å²) in [6, 6.07) is 13.9. The number of alkyl halides is 5. The monoisotopic (exact) mass is 680 g/mol. The molecule has 3 aromatic carbocycles. The molecular formula is C29H22ClF5N6O4S. The summed E-state index contributed by atoms with van der Waals surface area (Å²) in [7, 11) is 0. The van der Waals surface area contributed by atoms with Gasteiger partial charge in [-0.05, 0) is 61.0 Å². The number of thioether (sulfide) groups is 1. The summed E-state index contributed by atoms with van der Waals surface area (Å²) in [5, 5.41) is 7.11. The molecule has 0 aliphatic carbocycles. The quantitative estimate of drug-likeness (QED) is 0.186. The fourth-order valence-electron chi connectivity index (χ4n) is 4.25. The van der Waals surface area contributed by atoms with Crippen molar-refractivity contribution in [3.63, 3.8) is 0 Å². The van der Waals surface area contributed by atoms with E-state index in [4.69, 9.17) is 16.3 Å². The highest BCUT2D eigenvalue weighted by Gasteiger charge is 2.33. The van der Waals surface area contributed by atoms with Crippen LogP contribution in [0.15, 0.2) is 72.0 Å². The van der Waals surface area contributed by atoms with E-state index in [0.29, 0.717) is 22.5 Å². The Morgan fingerprint density at radius 1 is 1.13 bits per heavy atom. The van der Waals surface area contributed by atoms with Crippen LogP contribution < -0.4 is 15.0 Å². The third-order valence-electron chi connectivity index (χ3n) is 6.24. The molecule has 17 heteroatoms. The second-order valence-corrected chi connectivity index (χ2v) is 11.0. The van der Waals surface area contributed by atoms with Crippen LogP contribution in [0.3, 0.4) is 0 Å². The molecule has 3 amide bonds. The van der Waals surface area contributed by atoms with Crippen LogP contribution in [-0.2, 0) is 16.1 Å². The summed E-state index contributed by atoms with van der Waals surface area (Å²) in [6.07, 6.45) is -6.08. The number of aliphatic imine (C=N–C) groups is 1. The average molecular weight is 681 g/mol. The van der Waals surface area contributed by atoms with Crippen molar-refractivity contribution in [2.24, 2.45) is 4.99 Å². The lowest BCUT2D eigenvalue weighted by Crippen LogP contribution is -2.31. The molecule has 1 aromatic heterocycles. The number of hydrogen-bond acceptors (Lipinski definition) is 7. The van der Waals surface area contributed by atoms with E-state index in [1.165, 1.54) is 40.2 Å². The standard InChI is InChI=1S/C29H22ClF5N6O4S/c1-16-2-3-18(12-44-13-24(31)32)23(10-16)41-25(42)14-46-28(41)38-27(43)37-22-9-6-19(11-21(22)30)40-15-36-26(39-40)17-4-7-20(8-5-17)45-29(33,34)35/h2-11,15,24H,12-14H2,1H3,(H,37,43). The van der Waals surface area contributed by atoms with Crippen LogP contribution in [0.4, 0.5) is 38.1 Å². The molecule has 1 saturated heterocycles. The van der Waals surface area contributed by atoms with Gasteiger partial charge in [0.15, 0.2) is 11.0 Å². The Kier molecular flexibility index (Phi) is 9.88. The molecule has 0 atom stereocenters. The van der Waals surface area contributed by atoms with Crippen molar-refractivity contribution in [2.75, 3.05) is 22.6 Å². The van der Waals surface area contributed by atoms with Crippen molar-refractivity contribution in [1.82, 2.24) is 14.8 Å². The van der Waals surface area contributed by atoms with Gasteiger partial charge in [0.25, 0.3) is 6.43 Å². The number of benzene rings is 3. The Balaban J connectivity index is 1.29. The number of hydrogen-bond donors (Lipinski definition) is 1. The molecule has 0 unspecified atom stereocenters. The van der Waals surface area contributed by atoms with Gasteiger partial charge in [-0.3, -0.25) is 9.69 Å². The van der Waals surface area contributed by atoms with Crippen LogP contribution in [0.5, 0.6) is 5.75 Å². The number of halogens is 6. The third kappa shape index (κ3) is 8.18. The number of carbonyl (C=O) groups is 2. The number of amides is 3. The third-order valence-corrected chi connectivity index (χ3v) is 7.48. The van der Waals surface area contributed by atoms with Gasteiger partial charge in [0.2, 0.25) is 5.91 Å². The Hall–Kier alpha value is -4.54. The van der Waals surface area contributed by atoms with Crippen molar-refractivity contribution < 1.29 is 41.0 Å². The number of aryl methyl sites for hydroxylation is 1. The Morgan fingerprint density at radius 2 is 1.89 bits per heavy atom. The van der Waals surface area contributed by atoms with E-state index in [0.717, 1.165) is 29.5 Å². The lowest BCUT2D eigenvalue weighted by molar-refractivity contribution is -0.274. The number of urea groups is 1. The molecular weight excluding hydrogens is 659 g/mol. The van der Waals surface area contributed by atoms with Crippen molar-refractivity contribution >= 4 is 51.8 Å². The van der Waals surface area contributed by atoms with Gasteiger partial charge in [-0.2, -0.15) is 4.99 Å². The van der Waals surface area contributed by atoms with E-state index >= 15 is 0 Å². The van der Waals surface area contributed by atoms with Gasteiger partial charge in [-0.1, -0.05) is 35.5 Å². The minimum Gasteiger partial charge on any atom is -0.406 e. The van der Waals surface area contributed by atoms with E-state index in [1.807, 2.05) is 0 Å². The van der Waals surface area contributed by atoms with Crippen LogP contribution >= 0.6 is 23.4 Å². The van der Waals surface area contributed by atoms with Crippen molar-refractivity contribution in [3.05, 3.63) is 83.1 Å². The highest BCUT2D eigenvalue weighted by atomic mass is 35.5. The predicted molar refractivity (Wildman–Crippen MR) is 162 cm³/mol. The molecule has 1 aliphatic rings. The first kappa shape index (κ1) is 32.8. The maximum absolute atomic E-state index is 12.9. The SMILES string of the molecule is Cc1ccc(COCC(F)F)c(N2C(=O)CSC2=NC(=O)Nc2ccc(-n3cnc(-c4ccc(OC(F)(F)F)cc4)n3)cc2Cl)c1. The highest BCUT2D eigenvalue weighted by Crippen LogP contribution is 2.32. The number of carbonyl (C=O) groups excluding carboxylic acids is 2. The first-order valence-electron chi connectivity index (χ1n) is 13.2. The zero-order chi connectivity index (χ0) is 33.0. The molecule has 1 fully saturated rings. The second-order valence-electron chi connectivity index (χ2n) is 9.63. The van der Waals surface area contributed by atoms with E-state index in [2.05, 4.69) is 25.1 Å². The summed E-state index contributed by atoms with van der Waals surface area (Å²) < 4.78 is 72.8. The minimum absolute atomic E-state index is 0.0121. The molecule has 5 rings (SSSR count). The Morgan fingerprint density at radius 3 is 2.59 bits per heavy atom. The summed E-state index contributed by atoms with van der Waals surface area (Å²) in [6.45, 7) is 0.853. The van der Waals surface area contributed by atoms with Gasteiger partial charge in [0.1, 0.15) is 18.7 Å². The average Bonchev–Trinajstić information content (AvgIpc) is 3.61. The largest absolute Gasteiger partial charge is 0.573 e. The molecule has 4 aromatic rings. The van der Waals surface area contributed by atoms with E-state index in [-0.39, 0.29) is 45.7 Å². The molecule has 0 radical (unpaired) electrons. The second kappa shape index (κ2) is 13.8.